The second-order valence-electron chi connectivity index (χ2n) is 6.76. The van der Waals surface area contributed by atoms with Crippen molar-refractivity contribution in [3.05, 3.63) is 63.5 Å². The molecule has 2 heterocycles. The Morgan fingerprint density at radius 1 is 1.12 bits per heavy atom. The Kier molecular flexibility index (Phi) is 3.43. The van der Waals surface area contributed by atoms with Crippen LogP contribution in [0.4, 0.5) is 0 Å². The number of rotatable bonds is 1. The van der Waals surface area contributed by atoms with Gasteiger partial charge in [0.15, 0.2) is 0 Å². The van der Waals surface area contributed by atoms with Crippen LogP contribution < -0.4 is 10.4 Å². The van der Waals surface area contributed by atoms with Gasteiger partial charge in [-0.1, -0.05) is 41.9 Å². The second kappa shape index (κ2) is 5.38. The third-order valence-corrected chi connectivity index (χ3v) is 4.82. The molecule has 0 amide bonds. The number of aryl methyl sites for hydroxylation is 1. The molecule has 4 rings (SSSR count). The minimum Gasteiger partial charge on any atom is -0.487 e. The maximum atomic E-state index is 12.2. The highest BCUT2D eigenvalue weighted by Gasteiger charge is 2.28. The summed E-state index contributed by atoms with van der Waals surface area (Å²) in [6, 6.07) is 13.5. The molecule has 0 spiro atoms. The molecule has 1 aromatic heterocycles. The van der Waals surface area contributed by atoms with Crippen LogP contribution in [-0.2, 0) is 6.42 Å². The van der Waals surface area contributed by atoms with Gasteiger partial charge in [0.1, 0.15) is 22.0 Å². The van der Waals surface area contributed by atoms with Gasteiger partial charge < -0.3 is 9.15 Å². The van der Waals surface area contributed by atoms with Crippen LogP contribution in [0.25, 0.3) is 22.1 Å². The summed E-state index contributed by atoms with van der Waals surface area (Å²) in [4.78, 5) is 12.2. The first kappa shape index (κ1) is 15.3. The van der Waals surface area contributed by atoms with Crippen LogP contribution in [0.15, 0.2) is 51.7 Å². The molecule has 122 valence electrons. The molecule has 0 fully saturated rings. The zero-order valence-electron chi connectivity index (χ0n) is 13.6. The number of ether oxygens (including phenoxy) is 1. The van der Waals surface area contributed by atoms with E-state index in [1.807, 2.05) is 42.5 Å². The molecule has 1 aliphatic rings. The Morgan fingerprint density at radius 3 is 2.62 bits per heavy atom. The molecule has 0 radical (unpaired) electrons. The summed E-state index contributed by atoms with van der Waals surface area (Å²) in [6.45, 7) is 4.13. The van der Waals surface area contributed by atoms with E-state index in [1.54, 1.807) is 0 Å². The van der Waals surface area contributed by atoms with Crippen LogP contribution in [0.5, 0.6) is 5.75 Å². The van der Waals surface area contributed by atoms with Crippen molar-refractivity contribution in [2.45, 2.75) is 32.3 Å². The number of halogens is 1. The molecule has 0 saturated heterocycles. The Labute approximate surface area is 144 Å². The quantitative estimate of drug-likeness (QED) is 0.570. The van der Waals surface area contributed by atoms with Gasteiger partial charge in [0.05, 0.1) is 0 Å². The largest absolute Gasteiger partial charge is 0.487 e. The van der Waals surface area contributed by atoms with E-state index < -0.39 is 5.63 Å². The topological polar surface area (TPSA) is 39.4 Å². The highest BCUT2D eigenvalue weighted by atomic mass is 35.5. The molecular formula is C20H17ClO3. The van der Waals surface area contributed by atoms with Crippen LogP contribution in [0.2, 0.25) is 5.02 Å². The van der Waals surface area contributed by atoms with Crippen molar-refractivity contribution in [3.63, 3.8) is 0 Å². The molecule has 0 unspecified atom stereocenters. The lowest BCUT2D eigenvalue weighted by Crippen LogP contribution is -2.32. The molecule has 24 heavy (non-hydrogen) atoms. The molecule has 0 atom stereocenters. The lowest BCUT2D eigenvalue weighted by molar-refractivity contribution is 0.0848. The molecule has 0 bridgehead atoms. The van der Waals surface area contributed by atoms with Crippen LogP contribution >= 0.6 is 11.6 Å². The lowest BCUT2D eigenvalue weighted by Gasteiger charge is -2.32. The van der Waals surface area contributed by atoms with Crippen molar-refractivity contribution >= 4 is 22.6 Å². The SMILES string of the molecule is CC1(C)CCc2cc3c(-c4ccccc4)c(Cl)c(=O)oc3cc2O1. The van der Waals surface area contributed by atoms with Gasteiger partial charge in [0.2, 0.25) is 0 Å². The van der Waals surface area contributed by atoms with E-state index in [1.165, 1.54) is 0 Å². The zero-order chi connectivity index (χ0) is 16.9. The smallest absolute Gasteiger partial charge is 0.355 e. The summed E-state index contributed by atoms with van der Waals surface area (Å²) in [5, 5.41) is 0.957. The highest BCUT2D eigenvalue weighted by molar-refractivity contribution is 6.34. The Morgan fingerprint density at radius 2 is 1.88 bits per heavy atom. The molecule has 2 aromatic carbocycles. The Bertz CT molecular complexity index is 987. The monoisotopic (exact) mass is 340 g/mol. The predicted molar refractivity (Wildman–Crippen MR) is 96.0 cm³/mol. The average molecular weight is 341 g/mol. The van der Waals surface area contributed by atoms with Gasteiger partial charge >= 0.3 is 5.63 Å². The molecule has 0 saturated carbocycles. The van der Waals surface area contributed by atoms with Crippen LogP contribution in [0.3, 0.4) is 0 Å². The van der Waals surface area contributed by atoms with Crippen molar-refractivity contribution in [3.8, 4) is 16.9 Å². The average Bonchev–Trinajstić information content (AvgIpc) is 2.55. The first-order valence-electron chi connectivity index (χ1n) is 7.98. The molecular weight excluding hydrogens is 324 g/mol. The van der Waals surface area contributed by atoms with E-state index in [2.05, 4.69) is 13.8 Å². The second-order valence-corrected chi connectivity index (χ2v) is 7.14. The van der Waals surface area contributed by atoms with E-state index in [-0.39, 0.29) is 10.6 Å². The number of hydrogen-bond donors (Lipinski definition) is 0. The van der Waals surface area contributed by atoms with E-state index in [0.29, 0.717) is 5.58 Å². The molecule has 3 nitrogen and oxygen atoms in total. The zero-order valence-corrected chi connectivity index (χ0v) is 14.3. The third-order valence-electron chi connectivity index (χ3n) is 4.48. The van der Waals surface area contributed by atoms with Crippen molar-refractivity contribution in [2.24, 2.45) is 0 Å². The summed E-state index contributed by atoms with van der Waals surface area (Å²) in [5.41, 5.74) is 2.49. The van der Waals surface area contributed by atoms with Crippen molar-refractivity contribution in [1.82, 2.24) is 0 Å². The van der Waals surface area contributed by atoms with Crippen molar-refractivity contribution in [2.75, 3.05) is 0 Å². The van der Waals surface area contributed by atoms with Gasteiger partial charge in [0.25, 0.3) is 0 Å². The normalized spacial score (nSPS) is 15.8. The van der Waals surface area contributed by atoms with Gasteiger partial charge in [-0.05, 0) is 43.9 Å². The van der Waals surface area contributed by atoms with Gasteiger partial charge in [-0.2, -0.15) is 0 Å². The minimum absolute atomic E-state index is 0.116. The fraction of sp³-hybridized carbons (Fsp3) is 0.250. The molecule has 4 heteroatoms. The Hall–Kier alpha value is -2.26. The molecule has 0 N–H and O–H groups in total. The number of benzene rings is 2. The van der Waals surface area contributed by atoms with Gasteiger partial charge in [-0.15, -0.1) is 0 Å². The summed E-state index contributed by atoms with van der Waals surface area (Å²) in [6.07, 6.45) is 1.86. The summed E-state index contributed by atoms with van der Waals surface area (Å²) >= 11 is 6.30. The first-order chi connectivity index (χ1) is 11.4. The van der Waals surface area contributed by atoms with Gasteiger partial charge in [0, 0.05) is 17.0 Å². The van der Waals surface area contributed by atoms with E-state index >= 15 is 0 Å². The summed E-state index contributed by atoms with van der Waals surface area (Å²) in [7, 11) is 0. The maximum absolute atomic E-state index is 12.2. The standard InChI is InChI=1S/C20H17ClO3/c1-20(2)9-8-13-10-14-16(11-15(13)24-20)23-19(22)18(21)17(14)12-6-4-3-5-7-12/h3-7,10-11H,8-9H2,1-2H3. The maximum Gasteiger partial charge on any atom is 0.355 e. The van der Waals surface area contributed by atoms with Crippen LogP contribution in [0.1, 0.15) is 25.8 Å². The van der Waals surface area contributed by atoms with E-state index in [9.17, 15) is 4.79 Å². The Balaban J connectivity index is 2.03. The fourth-order valence-corrected chi connectivity index (χ4v) is 3.46. The first-order valence-corrected chi connectivity index (χ1v) is 8.36. The highest BCUT2D eigenvalue weighted by Crippen LogP contribution is 2.40. The number of fused-ring (bicyclic) bond motifs is 2. The predicted octanol–water partition coefficient (Wildman–Crippen LogP) is 5.22. The molecule has 1 aliphatic heterocycles. The van der Waals surface area contributed by atoms with E-state index in [0.717, 1.165) is 40.7 Å². The van der Waals surface area contributed by atoms with Gasteiger partial charge in [-0.25, -0.2) is 4.79 Å². The molecule has 0 aliphatic carbocycles. The lowest BCUT2D eigenvalue weighted by atomic mass is 9.92. The van der Waals surface area contributed by atoms with Crippen molar-refractivity contribution < 1.29 is 9.15 Å². The third kappa shape index (κ3) is 2.49. The van der Waals surface area contributed by atoms with Crippen molar-refractivity contribution in [1.29, 1.82) is 0 Å². The van der Waals surface area contributed by atoms with Crippen LogP contribution in [-0.4, -0.2) is 5.60 Å². The van der Waals surface area contributed by atoms with Crippen LogP contribution in [0, 0.1) is 0 Å². The fourth-order valence-electron chi connectivity index (χ4n) is 3.21. The number of hydrogen-bond acceptors (Lipinski definition) is 3. The van der Waals surface area contributed by atoms with Gasteiger partial charge in [-0.3, -0.25) is 0 Å². The van der Waals surface area contributed by atoms with E-state index in [4.69, 9.17) is 20.8 Å². The molecule has 3 aromatic rings. The summed E-state index contributed by atoms with van der Waals surface area (Å²) < 4.78 is 11.5. The summed E-state index contributed by atoms with van der Waals surface area (Å²) in [5.74, 6) is 0.781. The minimum atomic E-state index is -0.530.